The molecule has 5 nitrogen and oxygen atoms in total. The maximum Gasteiger partial charge on any atom is 0.138 e. The number of thiophene rings is 1. The van der Waals surface area contributed by atoms with Crippen LogP contribution < -0.4 is 5.32 Å². The summed E-state index contributed by atoms with van der Waals surface area (Å²) < 4.78 is 0. The highest BCUT2D eigenvalue weighted by molar-refractivity contribution is 7.16. The van der Waals surface area contributed by atoms with Crippen LogP contribution in [0.25, 0.3) is 10.2 Å². The molecular formula is C10H9N5S. The Hall–Kier alpha value is -1.95. The normalized spacial score (nSPS) is 10.8. The number of nitrogens with one attached hydrogen (secondary N) is 2. The lowest BCUT2D eigenvalue weighted by Crippen LogP contribution is -2.01. The van der Waals surface area contributed by atoms with Gasteiger partial charge in [0.05, 0.1) is 24.0 Å². The molecule has 0 unspecified atom stereocenters. The van der Waals surface area contributed by atoms with Crippen LogP contribution in [0, 0.1) is 0 Å². The van der Waals surface area contributed by atoms with Gasteiger partial charge in [-0.25, -0.2) is 15.0 Å². The zero-order chi connectivity index (χ0) is 10.8. The highest BCUT2D eigenvalue weighted by Gasteiger charge is 2.04. The van der Waals surface area contributed by atoms with Crippen molar-refractivity contribution in [1.29, 1.82) is 0 Å². The number of aromatic nitrogens is 4. The van der Waals surface area contributed by atoms with Gasteiger partial charge >= 0.3 is 0 Å². The Bertz CT molecular complexity index is 586. The van der Waals surface area contributed by atoms with E-state index in [4.69, 9.17) is 0 Å². The molecule has 16 heavy (non-hydrogen) atoms. The molecule has 6 heteroatoms. The standard InChI is InChI=1S/C10H9N5S/c1-2-16-10-8(1)9(14-6-15-10)12-4-7-3-11-5-13-7/h1-3,5-6H,4H2,(H,11,13)(H,12,14,15). The van der Waals surface area contributed by atoms with Crippen molar-refractivity contribution in [3.63, 3.8) is 0 Å². The lowest BCUT2D eigenvalue weighted by molar-refractivity contribution is 1.05. The van der Waals surface area contributed by atoms with E-state index in [1.54, 1.807) is 30.2 Å². The molecule has 3 aromatic rings. The molecule has 0 atom stereocenters. The van der Waals surface area contributed by atoms with Crippen molar-refractivity contribution in [3.8, 4) is 0 Å². The first-order chi connectivity index (χ1) is 7.93. The van der Waals surface area contributed by atoms with Crippen LogP contribution in [0.15, 0.2) is 30.3 Å². The average molecular weight is 231 g/mol. The second kappa shape index (κ2) is 3.90. The number of hydrogen-bond donors (Lipinski definition) is 2. The SMILES string of the molecule is c1nc(NCc2cnc[nH]2)c2ccsc2n1. The fourth-order valence-corrected chi connectivity index (χ4v) is 2.22. The van der Waals surface area contributed by atoms with E-state index < -0.39 is 0 Å². The quantitative estimate of drug-likeness (QED) is 0.723. The highest BCUT2D eigenvalue weighted by Crippen LogP contribution is 2.23. The van der Waals surface area contributed by atoms with Crippen LogP contribution in [-0.2, 0) is 6.54 Å². The molecule has 0 aromatic carbocycles. The summed E-state index contributed by atoms with van der Waals surface area (Å²) in [6.45, 7) is 0.682. The van der Waals surface area contributed by atoms with Gasteiger partial charge in [-0.15, -0.1) is 11.3 Å². The lowest BCUT2D eigenvalue weighted by Gasteiger charge is -2.04. The van der Waals surface area contributed by atoms with Gasteiger partial charge in [-0.3, -0.25) is 0 Å². The van der Waals surface area contributed by atoms with Crippen LogP contribution >= 0.6 is 11.3 Å². The first-order valence-electron chi connectivity index (χ1n) is 4.83. The molecule has 3 aromatic heterocycles. The van der Waals surface area contributed by atoms with E-state index in [9.17, 15) is 0 Å². The molecule has 80 valence electrons. The molecule has 0 aliphatic heterocycles. The third-order valence-corrected chi connectivity index (χ3v) is 3.08. The van der Waals surface area contributed by atoms with Crippen molar-refractivity contribution in [2.75, 3.05) is 5.32 Å². The van der Waals surface area contributed by atoms with Gasteiger partial charge in [0.15, 0.2) is 0 Å². The van der Waals surface area contributed by atoms with E-state index in [1.165, 1.54) is 0 Å². The number of hydrogen-bond acceptors (Lipinski definition) is 5. The minimum atomic E-state index is 0.682. The maximum absolute atomic E-state index is 4.23. The number of nitrogens with zero attached hydrogens (tertiary/aromatic N) is 3. The molecular weight excluding hydrogens is 222 g/mol. The summed E-state index contributed by atoms with van der Waals surface area (Å²) in [5.41, 5.74) is 1.03. The van der Waals surface area contributed by atoms with Gasteiger partial charge in [-0.2, -0.15) is 0 Å². The fraction of sp³-hybridized carbons (Fsp3) is 0.100. The molecule has 3 heterocycles. The van der Waals surface area contributed by atoms with Gasteiger partial charge < -0.3 is 10.3 Å². The summed E-state index contributed by atoms with van der Waals surface area (Å²) in [4.78, 5) is 16.4. The van der Waals surface area contributed by atoms with Crippen LogP contribution in [0.4, 0.5) is 5.82 Å². The van der Waals surface area contributed by atoms with Crippen LogP contribution in [0.1, 0.15) is 5.69 Å². The zero-order valence-electron chi connectivity index (χ0n) is 8.34. The molecule has 0 bridgehead atoms. The average Bonchev–Trinajstić information content (AvgIpc) is 2.97. The van der Waals surface area contributed by atoms with E-state index in [0.717, 1.165) is 21.7 Å². The Labute approximate surface area is 95.6 Å². The Morgan fingerprint density at radius 2 is 2.38 bits per heavy atom. The number of fused-ring (bicyclic) bond motifs is 1. The Morgan fingerprint density at radius 1 is 1.38 bits per heavy atom. The number of aromatic amines is 1. The molecule has 0 saturated carbocycles. The third kappa shape index (κ3) is 1.63. The van der Waals surface area contributed by atoms with Gasteiger partial charge in [0.2, 0.25) is 0 Å². The first kappa shape index (κ1) is 9.29. The summed E-state index contributed by atoms with van der Waals surface area (Å²) in [5, 5.41) is 6.34. The number of H-pyrrole nitrogens is 1. The van der Waals surface area contributed by atoms with E-state index in [-0.39, 0.29) is 0 Å². The predicted molar refractivity (Wildman–Crippen MR) is 63.3 cm³/mol. The van der Waals surface area contributed by atoms with Crippen molar-refractivity contribution < 1.29 is 0 Å². The van der Waals surface area contributed by atoms with Gasteiger partial charge in [0.25, 0.3) is 0 Å². The van der Waals surface area contributed by atoms with Gasteiger partial charge in [0, 0.05) is 6.20 Å². The summed E-state index contributed by atoms with van der Waals surface area (Å²) in [7, 11) is 0. The molecule has 0 aliphatic carbocycles. The number of rotatable bonds is 3. The third-order valence-electron chi connectivity index (χ3n) is 2.26. The molecule has 3 rings (SSSR count). The van der Waals surface area contributed by atoms with Crippen molar-refractivity contribution in [2.24, 2.45) is 0 Å². The summed E-state index contributed by atoms with van der Waals surface area (Å²) in [5.74, 6) is 0.862. The van der Waals surface area contributed by atoms with Crippen LogP contribution in [0.2, 0.25) is 0 Å². The Morgan fingerprint density at radius 3 is 3.25 bits per heavy atom. The molecule has 0 fully saturated rings. The van der Waals surface area contributed by atoms with E-state index in [1.807, 2.05) is 11.4 Å². The van der Waals surface area contributed by atoms with E-state index in [2.05, 4.69) is 25.3 Å². The van der Waals surface area contributed by atoms with Crippen LogP contribution in [-0.4, -0.2) is 19.9 Å². The molecule has 0 radical (unpaired) electrons. The second-order valence-electron chi connectivity index (χ2n) is 3.29. The molecule has 0 saturated heterocycles. The van der Waals surface area contributed by atoms with Crippen molar-refractivity contribution in [2.45, 2.75) is 6.54 Å². The smallest absolute Gasteiger partial charge is 0.138 e. The predicted octanol–water partition coefficient (Wildman–Crippen LogP) is 2.03. The summed E-state index contributed by atoms with van der Waals surface area (Å²) in [6, 6.07) is 2.02. The summed E-state index contributed by atoms with van der Waals surface area (Å²) >= 11 is 1.61. The molecule has 0 aliphatic rings. The van der Waals surface area contributed by atoms with Crippen LogP contribution in [0.5, 0.6) is 0 Å². The van der Waals surface area contributed by atoms with E-state index >= 15 is 0 Å². The highest BCUT2D eigenvalue weighted by atomic mass is 32.1. The van der Waals surface area contributed by atoms with Gasteiger partial charge in [-0.1, -0.05) is 0 Å². The van der Waals surface area contributed by atoms with Crippen molar-refractivity contribution >= 4 is 27.4 Å². The molecule has 2 N–H and O–H groups in total. The van der Waals surface area contributed by atoms with E-state index in [0.29, 0.717) is 6.54 Å². The number of imidazole rings is 1. The Balaban J connectivity index is 1.86. The second-order valence-corrected chi connectivity index (χ2v) is 4.19. The minimum Gasteiger partial charge on any atom is -0.364 e. The zero-order valence-corrected chi connectivity index (χ0v) is 9.16. The maximum atomic E-state index is 4.23. The molecule has 0 spiro atoms. The van der Waals surface area contributed by atoms with Crippen molar-refractivity contribution in [3.05, 3.63) is 36.0 Å². The monoisotopic (exact) mass is 231 g/mol. The van der Waals surface area contributed by atoms with Crippen LogP contribution in [0.3, 0.4) is 0 Å². The number of anilines is 1. The topological polar surface area (TPSA) is 66.5 Å². The first-order valence-corrected chi connectivity index (χ1v) is 5.71. The summed E-state index contributed by atoms with van der Waals surface area (Å²) in [6.07, 6.45) is 5.03. The minimum absolute atomic E-state index is 0.682. The van der Waals surface area contributed by atoms with Gasteiger partial charge in [0.1, 0.15) is 17.0 Å². The largest absolute Gasteiger partial charge is 0.364 e. The van der Waals surface area contributed by atoms with Crippen molar-refractivity contribution in [1.82, 2.24) is 19.9 Å². The van der Waals surface area contributed by atoms with Gasteiger partial charge in [-0.05, 0) is 11.4 Å². The Kier molecular flexibility index (Phi) is 2.26. The molecule has 0 amide bonds. The lowest BCUT2D eigenvalue weighted by atomic mass is 10.3. The fourth-order valence-electron chi connectivity index (χ4n) is 1.49.